The number of hydrazine groups is 1. The van der Waals surface area contributed by atoms with Gasteiger partial charge in [0, 0.05) is 11.5 Å². The van der Waals surface area contributed by atoms with Crippen LogP contribution in [0.5, 0.6) is 0 Å². The molecule has 1 aromatic heterocycles. The molecule has 1 aliphatic rings. The fourth-order valence-electron chi connectivity index (χ4n) is 2.58. The summed E-state index contributed by atoms with van der Waals surface area (Å²) >= 11 is 0. The summed E-state index contributed by atoms with van der Waals surface area (Å²) < 4.78 is 0. The first-order valence-corrected chi connectivity index (χ1v) is 7.71. The molecule has 0 saturated heterocycles. The molecule has 1 aliphatic carbocycles. The van der Waals surface area contributed by atoms with Gasteiger partial charge >= 0.3 is 0 Å². The molecule has 0 aromatic carbocycles. The maximum Gasteiger partial charge on any atom is 0.145 e. The summed E-state index contributed by atoms with van der Waals surface area (Å²) in [6, 6.07) is 1.83. The summed E-state index contributed by atoms with van der Waals surface area (Å²) in [5, 5.41) is 13.6. The second kappa shape index (κ2) is 6.58. The monoisotopic (exact) mass is 293 g/mol. The standard InChI is InChI=1S/C15H27N5O/c1-15(2,3)14-18-12(9-13(19-14)20-16)17-10-7-5-4-6-8-11(10)21/h9-11,21H,4-8,16H2,1-3H3,(H2,17,18,19,20). The Labute approximate surface area is 126 Å². The van der Waals surface area contributed by atoms with Gasteiger partial charge in [-0.1, -0.05) is 40.0 Å². The van der Waals surface area contributed by atoms with Gasteiger partial charge in [-0.3, -0.25) is 0 Å². The average Bonchev–Trinajstić information content (AvgIpc) is 2.63. The SMILES string of the molecule is CC(C)(C)c1nc(NN)cc(NC2CCCCCC2O)n1. The van der Waals surface area contributed by atoms with Crippen LogP contribution in [-0.4, -0.2) is 27.2 Å². The van der Waals surface area contributed by atoms with E-state index in [9.17, 15) is 5.11 Å². The van der Waals surface area contributed by atoms with Gasteiger partial charge < -0.3 is 15.8 Å². The summed E-state index contributed by atoms with van der Waals surface area (Å²) in [6.07, 6.45) is 4.88. The van der Waals surface area contributed by atoms with Crippen LogP contribution >= 0.6 is 0 Å². The summed E-state index contributed by atoms with van der Waals surface area (Å²) in [5.41, 5.74) is 2.43. The molecule has 0 bridgehead atoms. The number of nitrogens with two attached hydrogens (primary N) is 1. The second-order valence-corrected chi connectivity index (χ2v) is 6.81. The first-order valence-electron chi connectivity index (χ1n) is 7.71. The number of anilines is 2. The second-order valence-electron chi connectivity index (χ2n) is 6.81. The zero-order valence-corrected chi connectivity index (χ0v) is 13.2. The Morgan fingerprint density at radius 3 is 2.48 bits per heavy atom. The Morgan fingerprint density at radius 2 is 1.81 bits per heavy atom. The van der Waals surface area contributed by atoms with Crippen LogP contribution in [0, 0.1) is 0 Å². The van der Waals surface area contributed by atoms with E-state index in [1.54, 1.807) is 6.07 Å². The van der Waals surface area contributed by atoms with Gasteiger partial charge in [0.1, 0.15) is 17.5 Å². The van der Waals surface area contributed by atoms with Crippen molar-refractivity contribution in [2.24, 2.45) is 5.84 Å². The molecule has 1 heterocycles. The number of aliphatic hydroxyl groups excluding tert-OH is 1. The fourth-order valence-corrected chi connectivity index (χ4v) is 2.58. The van der Waals surface area contributed by atoms with E-state index in [2.05, 4.69) is 41.5 Å². The largest absolute Gasteiger partial charge is 0.391 e. The maximum atomic E-state index is 10.2. The summed E-state index contributed by atoms with van der Waals surface area (Å²) in [5.74, 6) is 7.52. The van der Waals surface area contributed by atoms with Gasteiger partial charge in [0.2, 0.25) is 0 Å². The third kappa shape index (κ3) is 4.28. The smallest absolute Gasteiger partial charge is 0.145 e. The van der Waals surface area contributed by atoms with Gasteiger partial charge in [0.15, 0.2) is 0 Å². The Hall–Kier alpha value is -1.40. The highest BCUT2D eigenvalue weighted by Gasteiger charge is 2.24. The molecule has 1 aromatic rings. The van der Waals surface area contributed by atoms with Gasteiger partial charge in [-0.15, -0.1) is 0 Å². The number of nitrogens with zero attached hydrogens (tertiary/aromatic N) is 2. The molecule has 2 unspecified atom stereocenters. The van der Waals surface area contributed by atoms with Crippen molar-refractivity contribution < 1.29 is 5.11 Å². The molecule has 0 amide bonds. The zero-order chi connectivity index (χ0) is 15.5. The molecule has 0 spiro atoms. The van der Waals surface area contributed by atoms with E-state index in [-0.39, 0.29) is 17.6 Å². The summed E-state index contributed by atoms with van der Waals surface area (Å²) in [7, 11) is 0. The number of nitrogen functional groups attached to an aromatic ring is 1. The van der Waals surface area contributed by atoms with Gasteiger partial charge in [-0.25, -0.2) is 15.8 Å². The maximum absolute atomic E-state index is 10.2. The van der Waals surface area contributed by atoms with Gasteiger partial charge in [0.25, 0.3) is 0 Å². The van der Waals surface area contributed by atoms with Crippen molar-refractivity contribution in [3.8, 4) is 0 Å². The topological polar surface area (TPSA) is 96.1 Å². The molecule has 21 heavy (non-hydrogen) atoms. The van der Waals surface area contributed by atoms with Crippen molar-refractivity contribution in [2.45, 2.75) is 70.4 Å². The van der Waals surface area contributed by atoms with Crippen molar-refractivity contribution in [3.63, 3.8) is 0 Å². The van der Waals surface area contributed by atoms with Crippen molar-refractivity contribution in [1.82, 2.24) is 9.97 Å². The minimum Gasteiger partial charge on any atom is -0.391 e. The molecule has 5 N–H and O–H groups in total. The van der Waals surface area contributed by atoms with Crippen LogP contribution in [0.2, 0.25) is 0 Å². The molecule has 118 valence electrons. The third-order valence-electron chi connectivity index (χ3n) is 3.86. The van der Waals surface area contributed by atoms with E-state index in [1.807, 2.05) is 0 Å². The summed E-state index contributed by atoms with van der Waals surface area (Å²) in [4.78, 5) is 8.99. The lowest BCUT2D eigenvalue weighted by Gasteiger charge is -2.24. The lowest BCUT2D eigenvalue weighted by Crippen LogP contribution is -2.33. The highest BCUT2D eigenvalue weighted by molar-refractivity contribution is 5.48. The van der Waals surface area contributed by atoms with E-state index < -0.39 is 0 Å². The van der Waals surface area contributed by atoms with E-state index >= 15 is 0 Å². The Kier molecular flexibility index (Phi) is 5.00. The van der Waals surface area contributed by atoms with Crippen molar-refractivity contribution in [1.29, 1.82) is 0 Å². The Bertz CT molecular complexity index is 472. The molecule has 6 heteroatoms. The predicted molar refractivity (Wildman–Crippen MR) is 85.0 cm³/mol. The van der Waals surface area contributed by atoms with E-state index in [4.69, 9.17) is 5.84 Å². The van der Waals surface area contributed by atoms with Crippen molar-refractivity contribution >= 4 is 11.6 Å². The van der Waals surface area contributed by atoms with Crippen LogP contribution in [0.25, 0.3) is 0 Å². The first kappa shape index (κ1) is 16.0. The fraction of sp³-hybridized carbons (Fsp3) is 0.733. The lowest BCUT2D eigenvalue weighted by atomic mass is 9.96. The number of hydrogen-bond acceptors (Lipinski definition) is 6. The van der Waals surface area contributed by atoms with Gasteiger partial charge in [0.05, 0.1) is 12.1 Å². The molecule has 0 aliphatic heterocycles. The molecule has 1 saturated carbocycles. The number of aliphatic hydroxyl groups is 1. The minimum absolute atomic E-state index is 0.0424. The number of aromatic nitrogens is 2. The molecule has 6 nitrogen and oxygen atoms in total. The highest BCUT2D eigenvalue weighted by Crippen LogP contribution is 2.25. The Morgan fingerprint density at radius 1 is 1.14 bits per heavy atom. The van der Waals surface area contributed by atoms with Crippen LogP contribution in [0.15, 0.2) is 6.07 Å². The van der Waals surface area contributed by atoms with Crippen LogP contribution in [0.4, 0.5) is 11.6 Å². The highest BCUT2D eigenvalue weighted by atomic mass is 16.3. The molecular weight excluding hydrogens is 266 g/mol. The summed E-state index contributed by atoms with van der Waals surface area (Å²) in [6.45, 7) is 6.19. The number of rotatable bonds is 3. The van der Waals surface area contributed by atoms with Crippen molar-refractivity contribution in [2.75, 3.05) is 10.7 Å². The first-order chi connectivity index (χ1) is 9.90. The van der Waals surface area contributed by atoms with E-state index in [0.29, 0.717) is 11.6 Å². The van der Waals surface area contributed by atoms with E-state index in [0.717, 1.165) is 31.5 Å². The molecule has 2 atom stereocenters. The predicted octanol–water partition coefficient (Wildman–Crippen LogP) is 2.17. The minimum atomic E-state index is -0.324. The zero-order valence-electron chi connectivity index (χ0n) is 13.2. The Balaban J connectivity index is 2.22. The third-order valence-corrected chi connectivity index (χ3v) is 3.86. The molecule has 2 rings (SSSR count). The van der Waals surface area contributed by atoms with Crippen LogP contribution in [0.1, 0.15) is 58.7 Å². The average molecular weight is 293 g/mol. The van der Waals surface area contributed by atoms with Crippen LogP contribution in [0.3, 0.4) is 0 Å². The molecular formula is C15H27N5O. The molecule has 0 radical (unpaired) electrons. The van der Waals surface area contributed by atoms with Gasteiger partial charge in [-0.2, -0.15) is 0 Å². The van der Waals surface area contributed by atoms with E-state index in [1.165, 1.54) is 6.42 Å². The van der Waals surface area contributed by atoms with Crippen molar-refractivity contribution in [3.05, 3.63) is 11.9 Å². The van der Waals surface area contributed by atoms with Crippen LogP contribution < -0.4 is 16.6 Å². The molecule has 1 fully saturated rings. The lowest BCUT2D eigenvalue weighted by molar-refractivity contribution is 0.144. The number of nitrogens with one attached hydrogen (secondary N) is 2. The van der Waals surface area contributed by atoms with Crippen LogP contribution in [-0.2, 0) is 5.41 Å². The quantitative estimate of drug-likeness (QED) is 0.387. The van der Waals surface area contributed by atoms with Gasteiger partial charge in [-0.05, 0) is 12.8 Å². The number of hydrogen-bond donors (Lipinski definition) is 4. The normalized spacial score (nSPS) is 23.5.